The van der Waals surface area contributed by atoms with Gasteiger partial charge in [0.25, 0.3) is 0 Å². The fourth-order valence-corrected chi connectivity index (χ4v) is 4.11. The van der Waals surface area contributed by atoms with E-state index in [1.807, 2.05) is 6.07 Å². The molecule has 0 aliphatic carbocycles. The van der Waals surface area contributed by atoms with Crippen LogP contribution in [0.1, 0.15) is 31.2 Å². The number of carbonyl (C=O) groups is 1. The average Bonchev–Trinajstić information content (AvgIpc) is 2.91. The maximum absolute atomic E-state index is 13.6. The molecule has 0 bridgehead atoms. The summed E-state index contributed by atoms with van der Waals surface area (Å²) in [5.41, 5.74) is 3.03. The largest absolute Gasteiger partial charge is 0.371 e. The zero-order valence-electron chi connectivity index (χ0n) is 15.5. The zero-order chi connectivity index (χ0) is 18.6. The molecular weight excluding hydrogens is 341 g/mol. The van der Waals surface area contributed by atoms with E-state index in [0.29, 0.717) is 6.54 Å². The highest BCUT2D eigenvalue weighted by Crippen LogP contribution is 2.27. The minimum atomic E-state index is -0.232. The third-order valence-corrected chi connectivity index (χ3v) is 5.60. The molecule has 2 aliphatic heterocycles. The molecule has 0 saturated carbocycles. The topological polar surface area (TPSA) is 35.6 Å². The molecule has 5 heteroatoms. The number of aryl methyl sites for hydroxylation is 1. The Morgan fingerprint density at radius 3 is 2.56 bits per heavy atom. The van der Waals surface area contributed by atoms with Crippen LogP contribution in [0, 0.1) is 5.82 Å². The molecule has 2 heterocycles. The first-order valence-electron chi connectivity index (χ1n) is 9.87. The molecule has 27 heavy (non-hydrogen) atoms. The Kier molecular flexibility index (Phi) is 5.28. The lowest BCUT2D eigenvalue weighted by molar-refractivity contribution is 0.240. The second-order valence-corrected chi connectivity index (χ2v) is 7.43. The number of halogens is 1. The first-order chi connectivity index (χ1) is 13.2. The van der Waals surface area contributed by atoms with Crippen LogP contribution in [0.4, 0.5) is 20.6 Å². The van der Waals surface area contributed by atoms with Gasteiger partial charge in [-0.05, 0) is 68.0 Å². The van der Waals surface area contributed by atoms with Crippen molar-refractivity contribution in [1.29, 1.82) is 0 Å². The highest BCUT2D eigenvalue weighted by atomic mass is 19.1. The maximum atomic E-state index is 13.6. The van der Waals surface area contributed by atoms with Crippen LogP contribution in [0.15, 0.2) is 48.5 Å². The normalized spacial score (nSPS) is 18.0. The number of anilines is 2. The molecule has 0 spiro atoms. The number of fused-ring (bicyclic) bond motifs is 1. The summed E-state index contributed by atoms with van der Waals surface area (Å²) in [5, 5.41) is 3.21. The van der Waals surface area contributed by atoms with Gasteiger partial charge in [-0.25, -0.2) is 9.18 Å². The van der Waals surface area contributed by atoms with Crippen molar-refractivity contribution in [2.24, 2.45) is 0 Å². The fourth-order valence-electron chi connectivity index (χ4n) is 4.11. The van der Waals surface area contributed by atoms with Gasteiger partial charge in [0.2, 0.25) is 0 Å². The number of benzene rings is 2. The van der Waals surface area contributed by atoms with E-state index >= 15 is 0 Å². The van der Waals surface area contributed by atoms with Gasteiger partial charge in [0.15, 0.2) is 0 Å². The molecule has 2 amide bonds. The maximum Gasteiger partial charge on any atom is 0.322 e. The predicted molar refractivity (Wildman–Crippen MR) is 107 cm³/mol. The Hall–Kier alpha value is -2.56. The summed E-state index contributed by atoms with van der Waals surface area (Å²) in [6, 6.07) is 15.3. The van der Waals surface area contributed by atoms with Crippen LogP contribution in [-0.4, -0.2) is 31.7 Å². The molecule has 2 aromatic rings. The van der Waals surface area contributed by atoms with Crippen LogP contribution >= 0.6 is 0 Å². The fraction of sp³-hybridized carbons (Fsp3) is 0.409. The summed E-state index contributed by atoms with van der Waals surface area (Å²) >= 11 is 0. The average molecular weight is 367 g/mol. The van der Waals surface area contributed by atoms with E-state index in [1.165, 1.54) is 11.8 Å². The monoisotopic (exact) mass is 367 g/mol. The quantitative estimate of drug-likeness (QED) is 0.857. The molecule has 0 aromatic heterocycles. The summed E-state index contributed by atoms with van der Waals surface area (Å²) in [6.45, 7) is 2.57. The molecule has 1 fully saturated rings. The number of rotatable bonds is 2. The molecule has 2 aliphatic rings. The van der Waals surface area contributed by atoms with Gasteiger partial charge >= 0.3 is 6.03 Å². The minimum Gasteiger partial charge on any atom is -0.371 e. The highest BCUT2D eigenvalue weighted by Gasteiger charge is 2.26. The van der Waals surface area contributed by atoms with Crippen molar-refractivity contribution < 1.29 is 9.18 Å². The van der Waals surface area contributed by atoms with Crippen molar-refractivity contribution in [3.63, 3.8) is 0 Å². The van der Waals surface area contributed by atoms with E-state index in [-0.39, 0.29) is 17.9 Å². The molecular formula is C22H26FN3O. The van der Waals surface area contributed by atoms with Crippen LogP contribution in [0.25, 0.3) is 0 Å². The SMILES string of the molecule is O=C(NC1CCN(c2ccccc2)CC1)N1CCCCc2cc(F)ccc21. The van der Waals surface area contributed by atoms with Crippen LogP contribution in [-0.2, 0) is 6.42 Å². The van der Waals surface area contributed by atoms with Crippen LogP contribution in [0.2, 0.25) is 0 Å². The molecule has 1 saturated heterocycles. The number of urea groups is 1. The number of amides is 2. The summed E-state index contributed by atoms with van der Waals surface area (Å²) in [6.07, 6.45) is 4.62. The highest BCUT2D eigenvalue weighted by molar-refractivity contribution is 5.93. The van der Waals surface area contributed by atoms with Crippen LogP contribution < -0.4 is 15.1 Å². The van der Waals surface area contributed by atoms with Crippen molar-refractivity contribution >= 4 is 17.4 Å². The third-order valence-electron chi connectivity index (χ3n) is 5.60. The lowest BCUT2D eigenvalue weighted by Crippen LogP contribution is -2.49. The number of carbonyl (C=O) groups excluding carboxylic acids is 1. The Bertz CT molecular complexity index is 787. The summed E-state index contributed by atoms with van der Waals surface area (Å²) < 4.78 is 13.6. The number of hydrogen-bond donors (Lipinski definition) is 1. The molecule has 142 valence electrons. The minimum absolute atomic E-state index is 0.0529. The van der Waals surface area contributed by atoms with Gasteiger partial charge in [-0.3, -0.25) is 4.90 Å². The van der Waals surface area contributed by atoms with Gasteiger partial charge in [0, 0.05) is 37.1 Å². The number of nitrogens with one attached hydrogen (secondary N) is 1. The Morgan fingerprint density at radius 1 is 1.00 bits per heavy atom. The summed E-state index contributed by atoms with van der Waals surface area (Å²) in [7, 11) is 0. The first-order valence-corrected chi connectivity index (χ1v) is 9.87. The molecule has 1 N–H and O–H groups in total. The lowest BCUT2D eigenvalue weighted by atomic mass is 10.0. The molecule has 0 unspecified atom stereocenters. The van der Waals surface area contributed by atoms with Gasteiger partial charge < -0.3 is 10.2 Å². The van der Waals surface area contributed by atoms with Crippen molar-refractivity contribution in [3.05, 3.63) is 59.9 Å². The smallest absolute Gasteiger partial charge is 0.322 e. The summed E-state index contributed by atoms with van der Waals surface area (Å²) in [5.74, 6) is -0.232. The van der Waals surface area contributed by atoms with E-state index < -0.39 is 0 Å². The molecule has 4 nitrogen and oxygen atoms in total. The van der Waals surface area contributed by atoms with Crippen molar-refractivity contribution in [2.75, 3.05) is 29.4 Å². The Labute approximate surface area is 160 Å². The standard InChI is InChI=1S/C22H26FN3O/c23-18-9-10-21-17(16-18)6-4-5-13-26(21)22(27)24-19-11-14-25(15-12-19)20-7-2-1-3-8-20/h1-3,7-10,16,19H,4-6,11-15H2,(H,24,27). The third kappa shape index (κ3) is 4.07. The number of nitrogens with zero attached hydrogens (tertiary/aromatic N) is 2. The van der Waals surface area contributed by atoms with E-state index in [9.17, 15) is 9.18 Å². The molecule has 0 radical (unpaired) electrons. The van der Waals surface area contributed by atoms with Crippen LogP contribution in [0.3, 0.4) is 0 Å². The second-order valence-electron chi connectivity index (χ2n) is 7.43. The van der Waals surface area contributed by atoms with Crippen molar-refractivity contribution in [2.45, 2.75) is 38.1 Å². The van der Waals surface area contributed by atoms with Gasteiger partial charge in [0.05, 0.1) is 0 Å². The second kappa shape index (κ2) is 7.99. The van der Waals surface area contributed by atoms with Gasteiger partial charge in [-0.2, -0.15) is 0 Å². The number of para-hydroxylation sites is 1. The predicted octanol–water partition coefficient (Wildman–Crippen LogP) is 4.35. The van der Waals surface area contributed by atoms with Crippen molar-refractivity contribution in [1.82, 2.24) is 5.32 Å². The van der Waals surface area contributed by atoms with E-state index in [2.05, 4.69) is 34.5 Å². The number of hydrogen-bond acceptors (Lipinski definition) is 2. The molecule has 0 atom stereocenters. The van der Waals surface area contributed by atoms with E-state index in [4.69, 9.17) is 0 Å². The Balaban J connectivity index is 1.39. The Morgan fingerprint density at radius 2 is 1.78 bits per heavy atom. The van der Waals surface area contributed by atoms with Crippen LogP contribution in [0.5, 0.6) is 0 Å². The van der Waals surface area contributed by atoms with Crippen molar-refractivity contribution in [3.8, 4) is 0 Å². The molecule has 2 aromatic carbocycles. The lowest BCUT2D eigenvalue weighted by Gasteiger charge is -2.35. The zero-order valence-corrected chi connectivity index (χ0v) is 15.5. The van der Waals surface area contributed by atoms with E-state index in [1.54, 1.807) is 17.0 Å². The number of piperidine rings is 1. The molecule has 4 rings (SSSR count). The van der Waals surface area contributed by atoms with Gasteiger partial charge in [-0.15, -0.1) is 0 Å². The summed E-state index contributed by atoms with van der Waals surface area (Å²) in [4.78, 5) is 17.1. The van der Waals surface area contributed by atoms with Gasteiger partial charge in [-0.1, -0.05) is 18.2 Å². The van der Waals surface area contributed by atoms with Gasteiger partial charge in [0.1, 0.15) is 5.82 Å². The first kappa shape index (κ1) is 17.8. The van der Waals surface area contributed by atoms with E-state index in [0.717, 1.165) is 56.4 Å².